The molecule has 0 radical (unpaired) electrons. The second-order valence-corrected chi connectivity index (χ2v) is 7.33. The number of nitrogens with one attached hydrogen (secondary N) is 3. The van der Waals surface area contributed by atoms with Crippen LogP contribution in [-0.2, 0) is 19.3 Å². The number of methoxy groups -OCH3 is 2. The zero-order valence-electron chi connectivity index (χ0n) is 17.2. The molecule has 8 nitrogen and oxygen atoms in total. The van der Waals surface area contributed by atoms with Gasteiger partial charge in [-0.05, 0) is 48.9 Å². The van der Waals surface area contributed by atoms with Gasteiger partial charge in [-0.25, -0.2) is 0 Å². The van der Waals surface area contributed by atoms with Crippen molar-refractivity contribution in [1.82, 2.24) is 20.4 Å². The van der Waals surface area contributed by atoms with E-state index in [-0.39, 0.29) is 5.91 Å². The molecule has 0 bridgehead atoms. The van der Waals surface area contributed by atoms with Crippen LogP contribution in [0.15, 0.2) is 30.3 Å². The van der Waals surface area contributed by atoms with Crippen molar-refractivity contribution in [2.45, 2.75) is 33.1 Å². The number of ether oxygens (including phenoxy) is 2. The van der Waals surface area contributed by atoms with Crippen molar-refractivity contribution >= 4 is 11.7 Å². The molecule has 1 aromatic carbocycles. The third kappa shape index (κ3) is 5.60. The van der Waals surface area contributed by atoms with Crippen LogP contribution >= 0.6 is 0 Å². The average Bonchev–Trinajstić information content (AvgIpc) is 3.35. The van der Waals surface area contributed by atoms with Crippen LogP contribution in [0.25, 0.3) is 0 Å². The van der Waals surface area contributed by atoms with Crippen LogP contribution in [0.1, 0.15) is 41.3 Å². The molecular weight excluding hydrogens is 370 g/mol. The highest BCUT2D eigenvalue weighted by Gasteiger charge is 2.13. The summed E-state index contributed by atoms with van der Waals surface area (Å²) in [6.45, 7) is 4.24. The third-order valence-corrected chi connectivity index (χ3v) is 4.46. The van der Waals surface area contributed by atoms with Crippen LogP contribution in [0, 0.1) is 5.92 Å². The smallest absolute Gasteiger partial charge is 0.277 e. The number of nitrogens with zero attached hydrogens (tertiary/aromatic N) is 2. The lowest BCUT2D eigenvalue weighted by Gasteiger charge is -2.07. The molecule has 1 amide bonds. The highest BCUT2D eigenvalue weighted by molar-refractivity contribution is 6.02. The van der Waals surface area contributed by atoms with Gasteiger partial charge in [-0.3, -0.25) is 15.0 Å². The number of anilines is 1. The number of amides is 1. The number of carbonyl (C=O) groups is 1. The highest BCUT2D eigenvalue weighted by Crippen LogP contribution is 2.23. The van der Waals surface area contributed by atoms with Crippen molar-refractivity contribution in [3.63, 3.8) is 0 Å². The van der Waals surface area contributed by atoms with E-state index < -0.39 is 0 Å². The zero-order chi connectivity index (χ0) is 20.8. The van der Waals surface area contributed by atoms with Crippen LogP contribution in [0.2, 0.25) is 0 Å². The zero-order valence-corrected chi connectivity index (χ0v) is 17.2. The number of aromatic amines is 2. The van der Waals surface area contributed by atoms with Crippen molar-refractivity contribution in [1.29, 1.82) is 0 Å². The predicted molar refractivity (Wildman–Crippen MR) is 111 cm³/mol. The summed E-state index contributed by atoms with van der Waals surface area (Å²) in [5.74, 6) is 2.19. The fraction of sp³-hybridized carbons (Fsp3) is 0.381. The maximum absolute atomic E-state index is 12.4. The Balaban J connectivity index is 1.58. The van der Waals surface area contributed by atoms with Gasteiger partial charge in [0.15, 0.2) is 11.5 Å². The fourth-order valence-corrected chi connectivity index (χ4v) is 3.05. The van der Waals surface area contributed by atoms with Crippen LogP contribution in [-0.4, -0.2) is 40.5 Å². The first-order valence-corrected chi connectivity index (χ1v) is 9.58. The first-order valence-electron chi connectivity index (χ1n) is 9.58. The van der Waals surface area contributed by atoms with Crippen molar-refractivity contribution in [3.8, 4) is 11.5 Å². The van der Waals surface area contributed by atoms with Crippen molar-refractivity contribution in [3.05, 3.63) is 53.0 Å². The molecule has 2 aromatic heterocycles. The number of rotatable bonds is 9. The highest BCUT2D eigenvalue weighted by atomic mass is 16.5. The number of hydrogen-bond acceptors (Lipinski definition) is 5. The monoisotopic (exact) mass is 397 g/mol. The van der Waals surface area contributed by atoms with Gasteiger partial charge in [0.2, 0.25) is 0 Å². The van der Waals surface area contributed by atoms with Crippen LogP contribution in [0.3, 0.4) is 0 Å². The quantitative estimate of drug-likeness (QED) is 0.513. The second kappa shape index (κ2) is 9.27. The summed E-state index contributed by atoms with van der Waals surface area (Å²) in [7, 11) is 3.26. The Morgan fingerprint density at radius 2 is 1.66 bits per heavy atom. The molecule has 3 N–H and O–H groups in total. The van der Waals surface area contributed by atoms with E-state index in [9.17, 15) is 4.79 Å². The predicted octanol–water partition coefficient (Wildman–Crippen LogP) is 3.39. The molecule has 0 atom stereocenters. The molecule has 154 valence electrons. The van der Waals surface area contributed by atoms with E-state index in [4.69, 9.17) is 9.47 Å². The molecule has 2 heterocycles. The minimum absolute atomic E-state index is 0.285. The number of H-pyrrole nitrogens is 2. The van der Waals surface area contributed by atoms with E-state index in [2.05, 4.69) is 39.6 Å². The molecular formula is C21H27N5O3. The second-order valence-electron chi connectivity index (χ2n) is 7.33. The number of hydrogen-bond donors (Lipinski definition) is 3. The minimum Gasteiger partial charge on any atom is -0.497 e. The van der Waals surface area contributed by atoms with Crippen molar-refractivity contribution in [2.24, 2.45) is 5.92 Å². The van der Waals surface area contributed by atoms with Gasteiger partial charge in [0, 0.05) is 23.5 Å². The number of aromatic nitrogens is 4. The fourth-order valence-electron chi connectivity index (χ4n) is 3.05. The maximum Gasteiger partial charge on any atom is 0.277 e. The van der Waals surface area contributed by atoms with Crippen LogP contribution < -0.4 is 14.8 Å². The molecule has 0 unspecified atom stereocenters. The van der Waals surface area contributed by atoms with Crippen molar-refractivity contribution in [2.75, 3.05) is 19.5 Å². The third-order valence-electron chi connectivity index (χ3n) is 4.46. The van der Waals surface area contributed by atoms with Gasteiger partial charge < -0.3 is 14.8 Å². The first-order chi connectivity index (χ1) is 14.0. The number of carbonyl (C=O) groups excluding carboxylic acids is 1. The standard InChI is InChI=1S/C21H27N5O3/c1-13(2)7-16-10-19(25-24-16)21(27)22-20-11-15(23-26-20)6-5-14-8-17(28-3)12-18(9-14)29-4/h8-13H,5-7H2,1-4H3,(H,24,25)(H2,22,23,26,27). The Bertz CT molecular complexity index is 939. The van der Waals surface area contributed by atoms with Gasteiger partial charge in [0.25, 0.3) is 5.91 Å². The molecule has 0 spiro atoms. The van der Waals surface area contributed by atoms with E-state index in [0.29, 0.717) is 17.4 Å². The molecule has 0 fully saturated rings. The van der Waals surface area contributed by atoms with Gasteiger partial charge in [0.05, 0.1) is 14.2 Å². The van der Waals surface area contributed by atoms with E-state index in [1.807, 2.05) is 24.3 Å². The summed E-state index contributed by atoms with van der Waals surface area (Å²) in [6, 6.07) is 9.41. The summed E-state index contributed by atoms with van der Waals surface area (Å²) in [4.78, 5) is 12.4. The Hall–Kier alpha value is -3.29. The Kier molecular flexibility index (Phi) is 6.54. The van der Waals surface area contributed by atoms with Crippen molar-refractivity contribution < 1.29 is 14.3 Å². The molecule has 0 saturated carbocycles. The summed E-state index contributed by atoms with van der Waals surface area (Å²) in [6.07, 6.45) is 2.36. The van der Waals surface area contributed by atoms with Gasteiger partial charge in [-0.15, -0.1) is 0 Å². The summed E-state index contributed by atoms with van der Waals surface area (Å²) in [5.41, 5.74) is 3.32. The van der Waals surface area contributed by atoms with E-state index in [1.165, 1.54) is 0 Å². The molecule has 3 aromatic rings. The molecule has 0 saturated heterocycles. The van der Waals surface area contributed by atoms with E-state index in [1.54, 1.807) is 20.3 Å². The molecule has 0 aliphatic carbocycles. The average molecular weight is 397 g/mol. The SMILES string of the molecule is COc1cc(CCc2cc(NC(=O)c3cc(CC(C)C)[nH]n3)n[nH]2)cc(OC)c1. The normalized spacial score (nSPS) is 10.9. The largest absolute Gasteiger partial charge is 0.497 e. The Morgan fingerprint density at radius 3 is 2.31 bits per heavy atom. The molecule has 29 heavy (non-hydrogen) atoms. The van der Waals surface area contributed by atoms with Gasteiger partial charge in [-0.1, -0.05) is 13.8 Å². The lowest BCUT2D eigenvalue weighted by molar-refractivity contribution is 0.102. The topological polar surface area (TPSA) is 105 Å². The van der Waals surface area contributed by atoms with Gasteiger partial charge in [-0.2, -0.15) is 10.2 Å². The van der Waals surface area contributed by atoms with Gasteiger partial charge >= 0.3 is 0 Å². The van der Waals surface area contributed by atoms with E-state index in [0.717, 1.165) is 47.7 Å². The van der Waals surface area contributed by atoms with E-state index >= 15 is 0 Å². The Morgan fingerprint density at radius 1 is 0.966 bits per heavy atom. The summed E-state index contributed by atoms with van der Waals surface area (Å²) in [5, 5.41) is 16.9. The molecule has 8 heteroatoms. The number of aryl methyl sites for hydroxylation is 2. The number of benzene rings is 1. The summed E-state index contributed by atoms with van der Waals surface area (Å²) < 4.78 is 10.6. The summed E-state index contributed by atoms with van der Waals surface area (Å²) >= 11 is 0. The van der Waals surface area contributed by atoms with Crippen LogP contribution in [0.4, 0.5) is 5.82 Å². The lowest BCUT2D eigenvalue weighted by atomic mass is 10.1. The maximum atomic E-state index is 12.4. The lowest BCUT2D eigenvalue weighted by Crippen LogP contribution is -2.12. The van der Waals surface area contributed by atoms with Crippen LogP contribution in [0.5, 0.6) is 11.5 Å². The molecule has 0 aliphatic rings. The van der Waals surface area contributed by atoms with Gasteiger partial charge in [0.1, 0.15) is 11.5 Å². The first kappa shape index (κ1) is 20.4. The molecule has 3 rings (SSSR count). The Labute approximate surface area is 170 Å². The molecule has 0 aliphatic heterocycles. The minimum atomic E-state index is -0.285.